The van der Waals surface area contributed by atoms with Gasteiger partial charge >= 0.3 is 0 Å². The van der Waals surface area contributed by atoms with Gasteiger partial charge in [0.15, 0.2) is 11.9 Å². The average Bonchev–Trinajstić information content (AvgIpc) is 2.83. The summed E-state index contributed by atoms with van der Waals surface area (Å²) in [6.07, 6.45) is 20.3. The Balaban J connectivity index is 1.51. The molecular formula is C28H41O4. The summed E-state index contributed by atoms with van der Waals surface area (Å²) < 4.78 is 17.1. The van der Waals surface area contributed by atoms with Crippen molar-refractivity contribution in [1.29, 1.82) is 0 Å². The molecule has 0 aliphatic heterocycles. The SMILES string of the molecule is CCOC(CCCCCCCCCCOC1([C]=O)C=CC(c2ccccc2)C=C1)OCC. The standard InChI is InChI=1S/C28H41O4/c1-3-30-27(31-4-2)18-14-9-7-5-6-8-10-15-23-32-28(24-29)21-19-26(20-22-28)25-16-12-11-13-17-25/h11-13,16-17,19-22,26-27H,3-10,14-15,18,23H2,1-2H3. The maximum Gasteiger partial charge on any atom is 0.241 e. The van der Waals surface area contributed by atoms with E-state index in [4.69, 9.17) is 14.2 Å². The topological polar surface area (TPSA) is 44.8 Å². The lowest BCUT2D eigenvalue weighted by atomic mass is 9.89. The Kier molecular flexibility index (Phi) is 13.2. The fourth-order valence-corrected chi connectivity index (χ4v) is 4.01. The second-order valence-electron chi connectivity index (χ2n) is 8.36. The van der Waals surface area contributed by atoms with Crippen molar-refractivity contribution in [1.82, 2.24) is 0 Å². The Morgan fingerprint density at radius 2 is 1.41 bits per heavy atom. The van der Waals surface area contributed by atoms with E-state index in [1.807, 2.05) is 56.4 Å². The van der Waals surface area contributed by atoms with Gasteiger partial charge in [0.25, 0.3) is 0 Å². The molecule has 0 atom stereocenters. The first kappa shape index (κ1) is 26.5. The maximum absolute atomic E-state index is 11.6. The molecule has 0 spiro atoms. The Hall–Kier alpha value is -1.75. The molecule has 0 aromatic heterocycles. The summed E-state index contributed by atoms with van der Waals surface area (Å²) in [5.74, 6) is 0.186. The first-order valence-electron chi connectivity index (χ1n) is 12.4. The third-order valence-electron chi connectivity index (χ3n) is 5.83. The van der Waals surface area contributed by atoms with Gasteiger partial charge in [0.1, 0.15) is 0 Å². The second-order valence-corrected chi connectivity index (χ2v) is 8.36. The van der Waals surface area contributed by atoms with E-state index in [-0.39, 0.29) is 12.2 Å². The lowest BCUT2D eigenvalue weighted by molar-refractivity contribution is -0.140. The average molecular weight is 442 g/mol. The van der Waals surface area contributed by atoms with Crippen LogP contribution in [0.5, 0.6) is 0 Å². The number of rotatable bonds is 18. The van der Waals surface area contributed by atoms with Crippen LogP contribution in [0.15, 0.2) is 54.6 Å². The molecule has 2 rings (SSSR count). The zero-order valence-corrected chi connectivity index (χ0v) is 20.0. The van der Waals surface area contributed by atoms with Crippen molar-refractivity contribution in [2.45, 2.75) is 89.4 Å². The van der Waals surface area contributed by atoms with Gasteiger partial charge in [-0.25, -0.2) is 0 Å². The molecule has 177 valence electrons. The number of carbonyl (C=O) groups excluding carboxylic acids is 1. The smallest absolute Gasteiger partial charge is 0.241 e. The summed E-state index contributed by atoms with van der Waals surface area (Å²) in [4.78, 5) is 11.6. The Morgan fingerprint density at radius 1 is 0.844 bits per heavy atom. The van der Waals surface area contributed by atoms with E-state index >= 15 is 0 Å². The number of hydrogen-bond donors (Lipinski definition) is 0. The minimum Gasteiger partial charge on any atom is -0.358 e. The fourth-order valence-electron chi connectivity index (χ4n) is 4.01. The summed E-state index contributed by atoms with van der Waals surface area (Å²) >= 11 is 0. The molecule has 0 saturated carbocycles. The van der Waals surface area contributed by atoms with Gasteiger partial charge in [-0.15, -0.1) is 0 Å². The van der Waals surface area contributed by atoms with Crippen molar-refractivity contribution >= 4 is 6.29 Å². The predicted molar refractivity (Wildman–Crippen MR) is 130 cm³/mol. The van der Waals surface area contributed by atoms with Crippen LogP contribution in [-0.2, 0) is 19.0 Å². The molecule has 1 aromatic carbocycles. The van der Waals surface area contributed by atoms with Crippen molar-refractivity contribution in [3.63, 3.8) is 0 Å². The monoisotopic (exact) mass is 441 g/mol. The Morgan fingerprint density at radius 3 is 1.97 bits per heavy atom. The molecule has 1 aromatic rings. The summed E-state index contributed by atoms with van der Waals surface area (Å²) in [5, 5.41) is 0. The van der Waals surface area contributed by atoms with Gasteiger partial charge in [-0.05, 0) is 50.8 Å². The highest BCUT2D eigenvalue weighted by molar-refractivity contribution is 5.71. The third-order valence-corrected chi connectivity index (χ3v) is 5.83. The van der Waals surface area contributed by atoms with E-state index in [1.165, 1.54) is 37.7 Å². The lowest BCUT2D eigenvalue weighted by Crippen LogP contribution is -2.32. The van der Waals surface area contributed by atoms with Gasteiger partial charge in [0, 0.05) is 25.7 Å². The molecule has 0 fully saturated rings. The van der Waals surface area contributed by atoms with Crippen LogP contribution >= 0.6 is 0 Å². The zero-order valence-electron chi connectivity index (χ0n) is 20.0. The normalized spacial score (nSPS) is 20.2. The minimum absolute atomic E-state index is 0.0324. The summed E-state index contributed by atoms with van der Waals surface area (Å²) in [5.41, 5.74) is 0.189. The Labute approximate surface area is 195 Å². The van der Waals surface area contributed by atoms with E-state index in [1.54, 1.807) is 0 Å². The molecule has 0 bridgehead atoms. The molecule has 0 N–H and O–H groups in total. The van der Waals surface area contributed by atoms with Gasteiger partial charge in [-0.3, -0.25) is 4.79 Å². The number of benzene rings is 1. The second kappa shape index (κ2) is 16.0. The maximum atomic E-state index is 11.6. The van der Waals surface area contributed by atoms with Crippen LogP contribution in [0.25, 0.3) is 0 Å². The van der Waals surface area contributed by atoms with Crippen LogP contribution < -0.4 is 0 Å². The van der Waals surface area contributed by atoms with E-state index in [0.29, 0.717) is 19.8 Å². The van der Waals surface area contributed by atoms with Crippen LogP contribution in [0.3, 0.4) is 0 Å². The van der Waals surface area contributed by atoms with Crippen LogP contribution in [0.1, 0.15) is 83.1 Å². The fraction of sp³-hybridized carbons (Fsp3) is 0.607. The van der Waals surface area contributed by atoms with Crippen molar-refractivity contribution in [3.05, 3.63) is 60.2 Å². The zero-order chi connectivity index (χ0) is 22.9. The van der Waals surface area contributed by atoms with Crippen LogP contribution in [0.4, 0.5) is 0 Å². The number of hydrogen-bond acceptors (Lipinski definition) is 4. The van der Waals surface area contributed by atoms with E-state index in [0.717, 1.165) is 25.7 Å². The Bertz CT molecular complexity index is 647. The molecule has 1 radical (unpaired) electrons. The summed E-state index contributed by atoms with van der Waals surface area (Å²) in [7, 11) is 0. The molecule has 0 heterocycles. The van der Waals surface area contributed by atoms with E-state index < -0.39 is 5.60 Å². The quantitative estimate of drug-likeness (QED) is 0.145. The third kappa shape index (κ3) is 9.81. The molecule has 1 aliphatic carbocycles. The summed E-state index contributed by atoms with van der Waals surface area (Å²) in [6, 6.07) is 10.3. The molecule has 4 nitrogen and oxygen atoms in total. The van der Waals surface area contributed by atoms with E-state index in [2.05, 4.69) is 18.4 Å². The molecule has 0 unspecified atom stereocenters. The van der Waals surface area contributed by atoms with Gasteiger partial charge in [-0.2, -0.15) is 0 Å². The molecule has 0 amide bonds. The summed E-state index contributed by atoms with van der Waals surface area (Å²) in [6.45, 7) is 6.02. The van der Waals surface area contributed by atoms with Crippen molar-refractivity contribution in [2.75, 3.05) is 19.8 Å². The van der Waals surface area contributed by atoms with Gasteiger partial charge in [0.2, 0.25) is 6.29 Å². The number of ether oxygens (including phenoxy) is 3. The number of unbranched alkanes of at least 4 members (excludes halogenated alkanes) is 7. The lowest BCUT2D eigenvalue weighted by Gasteiger charge is -2.25. The first-order chi connectivity index (χ1) is 15.7. The molecule has 4 heteroatoms. The largest absolute Gasteiger partial charge is 0.358 e. The van der Waals surface area contributed by atoms with Gasteiger partial charge in [0.05, 0.1) is 0 Å². The highest BCUT2D eigenvalue weighted by atomic mass is 16.7. The van der Waals surface area contributed by atoms with Crippen molar-refractivity contribution in [3.8, 4) is 0 Å². The minimum atomic E-state index is -1.02. The molecule has 1 aliphatic rings. The van der Waals surface area contributed by atoms with Crippen molar-refractivity contribution < 1.29 is 19.0 Å². The van der Waals surface area contributed by atoms with E-state index in [9.17, 15) is 4.79 Å². The van der Waals surface area contributed by atoms with Gasteiger partial charge < -0.3 is 14.2 Å². The predicted octanol–water partition coefficient (Wildman–Crippen LogP) is 6.67. The highest BCUT2D eigenvalue weighted by Crippen LogP contribution is 2.28. The van der Waals surface area contributed by atoms with Crippen LogP contribution in [-0.4, -0.2) is 38.0 Å². The molecule has 0 saturated heterocycles. The molecule has 32 heavy (non-hydrogen) atoms. The van der Waals surface area contributed by atoms with Crippen LogP contribution in [0.2, 0.25) is 0 Å². The van der Waals surface area contributed by atoms with Crippen LogP contribution in [0, 0.1) is 0 Å². The van der Waals surface area contributed by atoms with Gasteiger partial charge in [-0.1, -0.05) is 81.0 Å². The highest BCUT2D eigenvalue weighted by Gasteiger charge is 2.28. The van der Waals surface area contributed by atoms with Crippen molar-refractivity contribution in [2.24, 2.45) is 0 Å². The first-order valence-corrected chi connectivity index (χ1v) is 12.4. The molecular weight excluding hydrogens is 400 g/mol. The number of allylic oxidation sites excluding steroid dienone is 2.